The molecule has 0 atom stereocenters. The van der Waals surface area contributed by atoms with E-state index < -0.39 is 0 Å². The number of rotatable bonds is 6. The van der Waals surface area contributed by atoms with Gasteiger partial charge < -0.3 is 18.8 Å². The second-order valence-electron chi connectivity index (χ2n) is 7.47. The molecule has 0 bridgehead atoms. The quantitative estimate of drug-likeness (QED) is 0.772. The lowest BCUT2D eigenvalue weighted by Gasteiger charge is -2.34. The molecule has 0 amide bonds. The first-order valence-corrected chi connectivity index (χ1v) is 9.51. The van der Waals surface area contributed by atoms with Crippen molar-refractivity contribution in [3.63, 3.8) is 0 Å². The van der Waals surface area contributed by atoms with Gasteiger partial charge in [-0.25, -0.2) is 4.98 Å². The Hall–Kier alpha value is -2.05. The van der Waals surface area contributed by atoms with Crippen LogP contribution in [0.1, 0.15) is 29.9 Å². The molecule has 1 fully saturated rings. The van der Waals surface area contributed by atoms with Gasteiger partial charge in [0.05, 0.1) is 25.5 Å². The minimum atomic E-state index is 0.605. The van der Waals surface area contributed by atoms with Gasteiger partial charge in [-0.15, -0.1) is 0 Å². The fraction of sp³-hybridized carbons (Fsp3) is 0.571. The summed E-state index contributed by atoms with van der Waals surface area (Å²) in [5.41, 5.74) is 2.81. The molecular formula is C21H31N3O3. The smallest absolute Gasteiger partial charge is 0.230 e. The number of piperidine rings is 1. The Morgan fingerprint density at radius 3 is 2.44 bits per heavy atom. The summed E-state index contributed by atoms with van der Waals surface area (Å²) in [5.74, 6) is 3.01. The molecule has 1 aliphatic heterocycles. The fourth-order valence-electron chi connectivity index (χ4n) is 3.82. The van der Waals surface area contributed by atoms with E-state index in [2.05, 4.69) is 23.9 Å². The van der Waals surface area contributed by atoms with Crippen molar-refractivity contribution in [1.82, 2.24) is 14.8 Å². The van der Waals surface area contributed by atoms with Crippen LogP contribution in [-0.2, 0) is 6.54 Å². The second kappa shape index (κ2) is 8.31. The molecule has 3 rings (SSSR count). The van der Waals surface area contributed by atoms with E-state index in [4.69, 9.17) is 18.9 Å². The van der Waals surface area contributed by atoms with Gasteiger partial charge in [-0.05, 0) is 52.9 Å². The number of likely N-dealkylation sites (tertiary alicyclic amines) is 1. The van der Waals surface area contributed by atoms with Crippen molar-refractivity contribution in [3.05, 3.63) is 29.2 Å². The second-order valence-corrected chi connectivity index (χ2v) is 7.47. The Morgan fingerprint density at radius 1 is 1.15 bits per heavy atom. The maximum Gasteiger partial charge on any atom is 0.230 e. The third-order valence-electron chi connectivity index (χ3n) is 5.56. The Balaban J connectivity index is 1.79. The van der Waals surface area contributed by atoms with Gasteiger partial charge >= 0.3 is 0 Å². The van der Waals surface area contributed by atoms with Crippen molar-refractivity contribution in [2.24, 2.45) is 0 Å². The zero-order valence-corrected chi connectivity index (χ0v) is 17.3. The maximum atomic E-state index is 6.01. The minimum Gasteiger partial charge on any atom is -0.496 e. The molecular weight excluding hydrogens is 342 g/mol. The first-order valence-electron chi connectivity index (χ1n) is 9.51. The van der Waals surface area contributed by atoms with Crippen molar-refractivity contribution in [2.75, 3.05) is 41.4 Å². The molecule has 0 aliphatic carbocycles. The van der Waals surface area contributed by atoms with Crippen LogP contribution in [0.5, 0.6) is 11.5 Å². The molecule has 1 aromatic carbocycles. The Labute approximate surface area is 162 Å². The fourth-order valence-corrected chi connectivity index (χ4v) is 3.82. The van der Waals surface area contributed by atoms with Crippen molar-refractivity contribution < 1.29 is 13.9 Å². The minimum absolute atomic E-state index is 0.605. The predicted octanol–water partition coefficient (Wildman–Crippen LogP) is 3.50. The van der Waals surface area contributed by atoms with Gasteiger partial charge in [0.1, 0.15) is 17.3 Å². The van der Waals surface area contributed by atoms with Crippen LogP contribution in [0.15, 0.2) is 16.5 Å². The van der Waals surface area contributed by atoms with Crippen LogP contribution in [0.25, 0.3) is 11.5 Å². The molecule has 27 heavy (non-hydrogen) atoms. The van der Waals surface area contributed by atoms with E-state index in [0.29, 0.717) is 11.9 Å². The third-order valence-corrected chi connectivity index (χ3v) is 5.56. The Bertz CT molecular complexity index is 777. The van der Waals surface area contributed by atoms with Gasteiger partial charge in [0.25, 0.3) is 0 Å². The topological polar surface area (TPSA) is 51.0 Å². The lowest BCUT2D eigenvalue weighted by molar-refractivity contribution is 0.138. The largest absolute Gasteiger partial charge is 0.496 e. The van der Waals surface area contributed by atoms with Gasteiger partial charge in [0, 0.05) is 31.2 Å². The Kier molecular flexibility index (Phi) is 6.07. The summed E-state index contributed by atoms with van der Waals surface area (Å²) in [5, 5.41) is 0. The molecule has 6 heteroatoms. The van der Waals surface area contributed by atoms with E-state index in [1.807, 2.05) is 26.0 Å². The van der Waals surface area contributed by atoms with E-state index in [9.17, 15) is 0 Å². The van der Waals surface area contributed by atoms with Crippen LogP contribution in [0, 0.1) is 13.8 Å². The molecule has 0 unspecified atom stereocenters. The van der Waals surface area contributed by atoms with Crippen LogP contribution in [-0.4, -0.2) is 62.2 Å². The third kappa shape index (κ3) is 4.12. The summed E-state index contributed by atoms with van der Waals surface area (Å²) >= 11 is 0. The molecule has 6 nitrogen and oxygen atoms in total. The molecule has 2 aromatic rings. The summed E-state index contributed by atoms with van der Waals surface area (Å²) in [6.45, 7) is 6.98. The highest BCUT2D eigenvalue weighted by Crippen LogP contribution is 2.38. The van der Waals surface area contributed by atoms with Crippen LogP contribution in [0.3, 0.4) is 0 Å². The average molecular weight is 373 g/mol. The molecule has 1 aliphatic rings. The molecule has 0 radical (unpaired) electrons. The summed E-state index contributed by atoms with van der Waals surface area (Å²) in [4.78, 5) is 9.59. The van der Waals surface area contributed by atoms with E-state index in [1.54, 1.807) is 14.2 Å². The summed E-state index contributed by atoms with van der Waals surface area (Å²) in [6, 6.07) is 4.56. The number of oxazole rings is 1. The summed E-state index contributed by atoms with van der Waals surface area (Å²) in [7, 11) is 7.66. The average Bonchev–Trinajstić information content (AvgIpc) is 3.02. The zero-order chi connectivity index (χ0) is 19.6. The van der Waals surface area contributed by atoms with E-state index in [-0.39, 0.29) is 0 Å². The molecule has 2 heterocycles. The monoisotopic (exact) mass is 373 g/mol. The van der Waals surface area contributed by atoms with Crippen LogP contribution in [0.4, 0.5) is 0 Å². The summed E-state index contributed by atoms with van der Waals surface area (Å²) < 4.78 is 17.0. The molecule has 0 saturated carbocycles. The van der Waals surface area contributed by atoms with Crippen LogP contribution >= 0.6 is 0 Å². The SMILES string of the molecule is COc1ccc(-c2nc(CN3CCC(N(C)C)CC3)c(C)o2)c(OC)c1C. The van der Waals surface area contributed by atoms with Crippen molar-refractivity contribution >= 4 is 0 Å². The van der Waals surface area contributed by atoms with E-state index in [0.717, 1.165) is 53.7 Å². The first kappa shape index (κ1) is 19.7. The van der Waals surface area contributed by atoms with E-state index >= 15 is 0 Å². The number of ether oxygens (including phenoxy) is 2. The van der Waals surface area contributed by atoms with Crippen LogP contribution < -0.4 is 9.47 Å². The van der Waals surface area contributed by atoms with Crippen molar-refractivity contribution in [2.45, 2.75) is 39.3 Å². The number of hydrogen-bond acceptors (Lipinski definition) is 6. The maximum absolute atomic E-state index is 6.01. The van der Waals surface area contributed by atoms with Crippen molar-refractivity contribution in [3.8, 4) is 23.0 Å². The zero-order valence-electron chi connectivity index (χ0n) is 17.3. The number of hydrogen-bond donors (Lipinski definition) is 0. The molecule has 1 aromatic heterocycles. The lowest BCUT2D eigenvalue weighted by atomic mass is 10.0. The standard InChI is InChI=1S/C21H31N3O3/c1-14-19(25-5)8-7-17(20(14)26-6)21-22-18(15(2)27-21)13-24-11-9-16(10-12-24)23(3)4/h7-8,16H,9-13H2,1-6H3. The number of aromatic nitrogens is 1. The van der Waals surface area contributed by atoms with Gasteiger partial charge in [-0.3, -0.25) is 4.90 Å². The van der Waals surface area contributed by atoms with Gasteiger partial charge in [-0.2, -0.15) is 0 Å². The molecule has 0 spiro atoms. The van der Waals surface area contributed by atoms with Crippen molar-refractivity contribution in [1.29, 1.82) is 0 Å². The molecule has 148 valence electrons. The van der Waals surface area contributed by atoms with Crippen LogP contribution in [0.2, 0.25) is 0 Å². The highest BCUT2D eigenvalue weighted by molar-refractivity contribution is 5.68. The van der Waals surface area contributed by atoms with E-state index in [1.165, 1.54) is 12.8 Å². The summed E-state index contributed by atoms with van der Waals surface area (Å²) in [6.07, 6.45) is 2.39. The van der Waals surface area contributed by atoms with Gasteiger partial charge in [0.15, 0.2) is 0 Å². The normalized spacial score (nSPS) is 16.1. The Morgan fingerprint density at radius 2 is 1.85 bits per heavy atom. The highest BCUT2D eigenvalue weighted by atomic mass is 16.5. The number of nitrogens with zero attached hydrogens (tertiary/aromatic N) is 3. The number of benzene rings is 1. The predicted molar refractivity (Wildman–Crippen MR) is 107 cm³/mol. The molecule has 1 saturated heterocycles. The van der Waals surface area contributed by atoms with Gasteiger partial charge in [0.2, 0.25) is 5.89 Å². The first-order chi connectivity index (χ1) is 12.9. The number of methoxy groups -OCH3 is 2. The highest BCUT2D eigenvalue weighted by Gasteiger charge is 2.23. The molecule has 0 N–H and O–H groups in total. The number of aryl methyl sites for hydroxylation is 1. The van der Waals surface area contributed by atoms with Gasteiger partial charge in [-0.1, -0.05) is 0 Å². The lowest BCUT2D eigenvalue weighted by Crippen LogP contribution is -2.41.